The molecule has 0 atom stereocenters. The minimum absolute atomic E-state index is 0.913. The highest BCUT2D eigenvalue weighted by atomic mass is 15.1. The molecular weight excluding hydrogens is 172 g/mol. The van der Waals surface area contributed by atoms with E-state index in [1.807, 2.05) is 6.21 Å². The van der Waals surface area contributed by atoms with Crippen LogP contribution in [0, 0.1) is 0 Å². The van der Waals surface area contributed by atoms with Crippen molar-refractivity contribution in [3.63, 3.8) is 0 Å². The Morgan fingerprint density at radius 1 is 1.21 bits per heavy atom. The molecule has 2 heterocycles. The second-order valence-corrected chi connectivity index (χ2v) is 3.36. The number of benzene rings is 1. The molecule has 0 saturated carbocycles. The molecule has 68 valence electrons. The lowest BCUT2D eigenvalue weighted by Crippen LogP contribution is -1.82. The minimum Gasteiger partial charge on any atom is -0.302 e. The zero-order chi connectivity index (χ0) is 9.38. The molecule has 1 aliphatic heterocycles. The van der Waals surface area contributed by atoms with E-state index in [0.29, 0.717) is 0 Å². The van der Waals surface area contributed by atoms with Gasteiger partial charge in [-0.1, -0.05) is 24.3 Å². The van der Waals surface area contributed by atoms with Gasteiger partial charge in [-0.3, -0.25) is 0 Å². The summed E-state index contributed by atoms with van der Waals surface area (Å²) in [7, 11) is 0. The summed E-state index contributed by atoms with van der Waals surface area (Å²) in [6.45, 7) is 0. The van der Waals surface area contributed by atoms with Crippen LogP contribution in [0.4, 0.5) is 5.82 Å². The van der Waals surface area contributed by atoms with Gasteiger partial charge in [0.05, 0.1) is 5.52 Å². The van der Waals surface area contributed by atoms with E-state index in [0.717, 1.165) is 12.2 Å². The van der Waals surface area contributed by atoms with Crippen molar-refractivity contribution < 1.29 is 0 Å². The van der Waals surface area contributed by atoms with Crippen molar-refractivity contribution in [1.82, 2.24) is 4.57 Å². The Hall–Kier alpha value is -1.83. The lowest BCUT2D eigenvalue weighted by Gasteiger charge is -1.98. The van der Waals surface area contributed by atoms with Crippen LogP contribution in [-0.4, -0.2) is 10.8 Å². The molecule has 1 aromatic carbocycles. The molecule has 0 spiro atoms. The quantitative estimate of drug-likeness (QED) is 0.595. The SMILES string of the molecule is C1=Cn2c(cc3ccccc32)N=CC1. The molecule has 1 aliphatic rings. The molecule has 0 unspecified atom stereocenters. The van der Waals surface area contributed by atoms with E-state index in [-0.39, 0.29) is 0 Å². The van der Waals surface area contributed by atoms with Gasteiger partial charge in [0.1, 0.15) is 5.82 Å². The molecule has 0 amide bonds. The highest BCUT2D eigenvalue weighted by molar-refractivity contribution is 5.88. The van der Waals surface area contributed by atoms with Gasteiger partial charge in [0.2, 0.25) is 0 Å². The Morgan fingerprint density at radius 2 is 2.14 bits per heavy atom. The Morgan fingerprint density at radius 3 is 3.14 bits per heavy atom. The molecule has 2 aromatic rings. The number of nitrogens with zero attached hydrogens (tertiary/aromatic N) is 2. The summed E-state index contributed by atoms with van der Waals surface area (Å²) in [5, 5.41) is 1.24. The zero-order valence-corrected chi connectivity index (χ0v) is 7.72. The molecule has 0 radical (unpaired) electrons. The van der Waals surface area contributed by atoms with Gasteiger partial charge < -0.3 is 4.57 Å². The summed E-state index contributed by atoms with van der Waals surface area (Å²) in [6.07, 6.45) is 7.06. The fraction of sp³-hybridized carbons (Fsp3) is 0.0833. The number of aromatic nitrogens is 1. The van der Waals surface area contributed by atoms with E-state index >= 15 is 0 Å². The molecule has 0 N–H and O–H groups in total. The second-order valence-electron chi connectivity index (χ2n) is 3.36. The Bertz CT molecular complexity index is 532. The number of para-hydroxylation sites is 1. The van der Waals surface area contributed by atoms with Crippen LogP contribution < -0.4 is 0 Å². The topological polar surface area (TPSA) is 17.3 Å². The van der Waals surface area contributed by atoms with E-state index in [4.69, 9.17) is 0 Å². The van der Waals surface area contributed by atoms with Gasteiger partial charge in [0.15, 0.2) is 0 Å². The molecule has 2 heteroatoms. The maximum Gasteiger partial charge on any atom is 0.137 e. The van der Waals surface area contributed by atoms with Crippen LogP contribution in [0.3, 0.4) is 0 Å². The monoisotopic (exact) mass is 182 g/mol. The first kappa shape index (κ1) is 7.56. The van der Waals surface area contributed by atoms with Crippen LogP contribution in [0.15, 0.2) is 41.4 Å². The van der Waals surface area contributed by atoms with Crippen molar-refractivity contribution in [3.8, 4) is 0 Å². The summed E-state index contributed by atoms with van der Waals surface area (Å²) in [4.78, 5) is 4.40. The van der Waals surface area contributed by atoms with Crippen LogP contribution in [0.25, 0.3) is 17.1 Å². The minimum atomic E-state index is 0.913. The lowest BCUT2D eigenvalue weighted by atomic mass is 10.2. The van der Waals surface area contributed by atoms with Crippen LogP contribution in [-0.2, 0) is 0 Å². The molecule has 0 fully saturated rings. The fourth-order valence-electron chi connectivity index (χ4n) is 1.79. The third-order valence-corrected chi connectivity index (χ3v) is 2.45. The number of fused-ring (bicyclic) bond motifs is 3. The number of rotatable bonds is 0. The third kappa shape index (κ3) is 1.01. The largest absolute Gasteiger partial charge is 0.302 e. The van der Waals surface area contributed by atoms with Crippen molar-refractivity contribution in [2.45, 2.75) is 6.42 Å². The number of hydrogen-bond acceptors (Lipinski definition) is 1. The van der Waals surface area contributed by atoms with Gasteiger partial charge in [0, 0.05) is 24.2 Å². The molecule has 1 aromatic heterocycles. The average molecular weight is 182 g/mol. The van der Waals surface area contributed by atoms with Crippen LogP contribution in [0.5, 0.6) is 0 Å². The van der Waals surface area contributed by atoms with Crippen LogP contribution in [0.1, 0.15) is 6.42 Å². The first-order chi connectivity index (χ1) is 6.95. The van der Waals surface area contributed by atoms with Crippen LogP contribution in [0.2, 0.25) is 0 Å². The molecule has 2 nitrogen and oxygen atoms in total. The first-order valence-corrected chi connectivity index (χ1v) is 4.74. The third-order valence-electron chi connectivity index (χ3n) is 2.45. The molecular formula is C12H10N2. The smallest absolute Gasteiger partial charge is 0.137 e. The van der Waals surface area contributed by atoms with Crippen molar-refractivity contribution in [1.29, 1.82) is 0 Å². The van der Waals surface area contributed by atoms with Gasteiger partial charge >= 0.3 is 0 Å². The standard InChI is InChI=1S/C12H10N2/c1-2-6-11-10(5-1)9-12-13-7-3-4-8-14(11)12/h1-2,4-9H,3H2. The average Bonchev–Trinajstić information content (AvgIpc) is 2.42. The zero-order valence-electron chi connectivity index (χ0n) is 7.72. The van der Waals surface area contributed by atoms with Crippen molar-refractivity contribution in [2.24, 2.45) is 4.99 Å². The maximum atomic E-state index is 4.40. The van der Waals surface area contributed by atoms with Gasteiger partial charge in [-0.25, -0.2) is 4.99 Å². The highest BCUT2D eigenvalue weighted by Gasteiger charge is 2.05. The number of allylic oxidation sites excluding steroid dienone is 1. The van der Waals surface area contributed by atoms with Crippen molar-refractivity contribution in [2.75, 3.05) is 0 Å². The Balaban J connectivity index is 2.41. The van der Waals surface area contributed by atoms with Crippen molar-refractivity contribution in [3.05, 3.63) is 36.4 Å². The fourth-order valence-corrected chi connectivity index (χ4v) is 1.79. The molecule has 0 saturated heterocycles. The summed E-state index contributed by atoms with van der Waals surface area (Å²) in [5.41, 5.74) is 1.22. The van der Waals surface area contributed by atoms with E-state index in [1.165, 1.54) is 10.9 Å². The molecule has 14 heavy (non-hydrogen) atoms. The molecule has 0 aliphatic carbocycles. The van der Waals surface area contributed by atoms with Gasteiger partial charge in [-0.05, 0) is 12.1 Å². The van der Waals surface area contributed by atoms with Gasteiger partial charge in [-0.2, -0.15) is 0 Å². The summed E-state index contributed by atoms with van der Waals surface area (Å²) in [6, 6.07) is 10.4. The second kappa shape index (κ2) is 2.84. The Kier molecular flexibility index (Phi) is 1.53. The summed E-state index contributed by atoms with van der Waals surface area (Å²) >= 11 is 0. The molecule has 0 bridgehead atoms. The van der Waals surface area contributed by atoms with Crippen molar-refractivity contribution >= 4 is 29.1 Å². The number of hydrogen-bond donors (Lipinski definition) is 0. The normalized spacial score (nSPS) is 14.3. The van der Waals surface area contributed by atoms with Gasteiger partial charge in [0.25, 0.3) is 0 Å². The molecule has 3 rings (SSSR count). The van der Waals surface area contributed by atoms with E-state index in [2.05, 4.69) is 52.2 Å². The lowest BCUT2D eigenvalue weighted by molar-refractivity contribution is 1.20. The first-order valence-electron chi connectivity index (χ1n) is 4.74. The predicted octanol–water partition coefficient (Wildman–Crippen LogP) is 3.22. The van der Waals surface area contributed by atoms with E-state index in [9.17, 15) is 0 Å². The van der Waals surface area contributed by atoms with Gasteiger partial charge in [-0.15, -0.1) is 0 Å². The maximum absolute atomic E-state index is 4.40. The van der Waals surface area contributed by atoms with Crippen LogP contribution >= 0.6 is 0 Å². The van der Waals surface area contributed by atoms with E-state index < -0.39 is 0 Å². The highest BCUT2D eigenvalue weighted by Crippen LogP contribution is 2.26. The Labute approximate surface area is 82.2 Å². The number of aliphatic imine (C=N–C) groups is 1. The predicted molar refractivity (Wildman–Crippen MR) is 60.0 cm³/mol. The van der Waals surface area contributed by atoms with E-state index in [1.54, 1.807) is 0 Å². The summed E-state index contributed by atoms with van der Waals surface area (Å²) in [5.74, 6) is 1.01. The summed E-state index contributed by atoms with van der Waals surface area (Å²) < 4.78 is 2.12.